The Morgan fingerprint density at radius 1 is 1.43 bits per heavy atom. The Balaban J connectivity index is 2.08. The molecule has 2 aliphatic heterocycles. The van der Waals surface area contributed by atoms with E-state index in [9.17, 15) is 14.4 Å². The fourth-order valence-electron chi connectivity index (χ4n) is 2.63. The lowest BCUT2D eigenvalue weighted by atomic mass is 10.1. The molecule has 116 valence electrons. The summed E-state index contributed by atoms with van der Waals surface area (Å²) in [6.45, 7) is 4.82. The zero-order valence-corrected chi connectivity index (χ0v) is 12.5. The number of Topliss-reactive ketones (excluding diaryl/α,β-unsaturated/α-hetero) is 1. The molecular weight excluding hydrogens is 276 g/mol. The van der Waals surface area contributed by atoms with E-state index in [1.54, 1.807) is 9.80 Å². The van der Waals surface area contributed by atoms with Crippen LogP contribution in [0.1, 0.15) is 20.3 Å². The number of hydrogen-bond donors (Lipinski definition) is 0. The third kappa shape index (κ3) is 3.24. The molecule has 0 radical (unpaired) electrons. The molecule has 2 aliphatic rings. The summed E-state index contributed by atoms with van der Waals surface area (Å²) < 4.78 is 10.0. The first-order chi connectivity index (χ1) is 9.93. The predicted molar refractivity (Wildman–Crippen MR) is 73.0 cm³/mol. The van der Waals surface area contributed by atoms with Gasteiger partial charge in [0, 0.05) is 17.8 Å². The van der Waals surface area contributed by atoms with Crippen molar-refractivity contribution in [3.8, 4) is 0 Å². The molecule has 0 spiro atoms. The highest BCUT2D eigenvalue weighted by molar-refractivity contribution is 6.40. The number of carbonyl (C=O) groups excluding carboxylic acids is 3. The molecule has 2 fully saturated rings. The van der Waals surface area contributed by atoms with Crippen LogP contribution < -0.4 is 0 Å². The highest BCUT2D eigenvalue weighted by Crippen LogP contribution is 2.22. The minimum atomic E-state index is -0.906. The molecule has 7 heteroatoms. The Morgan fingerprint density at radius 2 is 2.14 bits per heavy atom. The van der Waals surface area contributed by atoms with Crippen LogP contribution in [0.2, 0.25) is 0 Å². The second kappa shape index (κ2) is 6.26. The quantitative estimate of drug-likeness (QED) is 0.412. The van der Waals surface area contributed by atoms with Gasteiger partial charge in [0.05, 0.1) is 26.8 Å². The van der Waals surface area contributed by atoms with Crippen molar-refractivity contribution >= 4 is 17.7 Å². The van der Waals surface area contributed by atoms with Crippen molar-refractivity contribution in [3.05, 3.63) is 11.8 Å². The van der Waals surface area contributed by atoms with Crippen LogP contribution in [0.25, 0.3) is 0 Å². The van der Waals surface area contributed by atoms with E-state index in [2.05, 4.69) is 4.74 Å². The molecule has 2 saturated heterocycles. The molecule has 2 atom stereocenters. The van der Waals surface area contributed by atoms with Gasteiger partial charge < -0.3 is 19.3 Å². The maximum absolute atomic E-state index is 12.2. The van der Waals surface area contributed by atoms with Crippen LogP contribution >= 0.6 is 0 Å². The van der Waals surface area contributed by atoms with Gasteiger partial charge in [0.15, 0.2) is 0 Å². The van der Waals surface area contributed by atoms with Crippen molar-refractivity contribution in [3.63, 3.8) is 0 Å². The number of hydrogen-bond acceptors (Lipinski definition) is 6. The maximum atomic E-state index is 12.2. The molecule has 2 heterocycles. The molecule has 0 N–H and O–H groups in total. The molecule has 0 unspecified atom stereocenters. The second-order valence-electron chi connectivity index (χ2n) is 5.33. The summed E-state index contributed by atoms with van der Waals surface area (Å²) in [6.07, 6.45) is 2.06. The Hall–Kier alpha value is -1.89. The summed E-state index contributed by atoms with van der Waals surface area (Å²) in [6, 6.07) is 0.167. The average Bonchev–Trinajstić information content (AvgIpc) is 2.45. The Bertz CT molecular complexity index is 488. The van der Waals surface area contributed by atoms with E-state index in [0.29, 0.717) is 13.2 Å². The smallest absolute Gasteiger partial charge is 0.379 e. The standard InChI is InChI=1S/C14H20N2O5/c1-9(13(18)14(19)20-3)6-15-7-11(17)16-10(2)4-5-21-12(16)8-15/h6,10,12H,4-5,7-8H2,1-3H3/b9-6-/t10-,12+/m1/s1. The van der Waals surface area contributed by atoms with Gasteiger partial charge in [-0.2, -0.15) is 0 Å². The Morgan fingerprint density at radius 3 is 2.81 bits per heavy atom. The molecule has 0 aliphatic carbocycles. The van der Waals surface area contributed by atoms with E-state index in [0.717, 1.165) is 13.5 Å². The first-order valence-electron chi connectivity index (χ1n) is 6.92. The van der Waals surface area contributed by atoms with Crippen molar-refractivity contribution < 1.29 is 23.9 Å². The van der Waals surface area contributed by atoms with E-state index >= 15 is 0 Å². The lowest BCUT2D eigenvalue weighted by molar-refractivity contribution is -0.175. The van der Waals surface area contributed by atoms with Gasteiger partial charge >= 0.3 is 5.97 Å². The molecule has 2 rings (SSSR count). The molecule has 1 amide bonds. The van der Waals surface area contributed by atoms with E-state index in [-0.39, 0.29) is 30.3 Å². The molecule has 0 aromatic heterocycles. The third-order valence-electron chi connectivity index (χ3n) is 3.75. The second-order valence-corrected chi connectivity index (χ2v) is 5.33. The largest absolute Gasteiger partial charge is 0.463 e. The number of nitrogens with zero attached hydrogens (tertiary/aromatic N) is 2. The van der Waals surface area contributed by atoms with Crippen LogP contribution in [0, 0.1) is 0 Å². The normalized spacial score (nSPS) is 26.4. The summed E-state index contributed by atoms with van der Waals surface area (Å²) in [4.78, 5) is 38.5. The van der Waals surface area contributed by atoms with Gasteiger partial charge in [-0.05, 0) is 20.3 Å². The van der Waals surface area contributed by atoms with Gasteiger partial charge in [0.2, 0.25) is 5.91 Å². The van der Waals surface area contributed by atoms with Crippen LogP contribution in [0.5, 0.6) is 0 Å². The van der Waals surface area contributed by atoms with Crippen molar-refractivity contribution in [1.29, 1.82) is 0 Å². The lowest BCUT2D eigenvalue weighted by Crippen LogP contribution is -2.61. The molecule has 0 aromatic rings. The minimum absolute atomic E-state index is 0.0342. The molecular formula is C14H20N2O5. The third-order valence-corrected chi connectivity index (χ3v) is 3.75. The fraction of sp³-hybridized carbons (Fsp3) is 0.643. The van der Waals surface area contributed by atoms with E-state index in [1.165, 1.54) is 13.1 Å². The van der Waals surface area contributed by atoms with Crippen LogP contribution in [-0.2, 0) is 23.9 Å². The SMILES string of the molecule is COC(=O)C(=O)/C(C)=C\N1CC(=O)N2[C@H](C)CCO[C@H]2C1. The first kappa shape index (κ1) is 15.5. The number of amides is 1. The van der Waals surface area contributed by atoms with Crippen molar-refractivity contribution in [1.82, 2.24) is 9.80 Å². The van der Waals surface area contributed by atoms with E-state index in [1.807, 2.05) is 6.92 Å². The molecule has 21 heavy (non-hydrogen) atoms. The van der Waals surface area contributed by atoms with E-state index in [4.69, 9.17) is 4.74 Å². The summed E-state index contributed by atoms with van der Waals surface area (Å²) in [7, 11) is 1.16. The number of esters is 1. The average molecular weight is 296 g/mol. The van der Waals surface area contributed by atoms with Crippen LogP contribution in [0.15, 0.2) is 11.8 Å². The van der Waals surface area contributed by atoms with Gasteiger partial charge in [-0.25, -0.2) is 4.79 Å². The summed E-state index contributed by atoms with van der Waals surface area (Å²) in [5, 5.41) is 0. The van der Waals surface area contributed by atoms with Gasteiger partial charge in [-0.3, -0.25) is 9.59 Å². The predicted octanol–water partition coefficient (Wildman–Crippen LogP) is -0.0886. The summed E-state index contributed by atoms with van der Waals surface area (Å²) in [5.74, 6) is -1.64. The topological polar surface area (TPSA) is 76.2 Å². The van der Waals surface area contributed by atoms with Crippen molar-refractivity contribution in [2.24, 2.45) is 0 Å². The molecule has 0 bridgehead atoms. The number of methoxy groups -OCH3 is 1. The van der Waals surface area contributed by atoms with Gasteiger partial charge in [0.25, 0.3) is 5.78 Å². The molecule has 0 aromatic carbocycles. The molecule has 0 saturated carbocycles. The molecule has 7 nitrogen and oxygen atoms in total. The number of fused-ring (bicyclic) bond motifs is 1. The minimum Gasteiger partial charge on any atom is -0.463 e. The number of piperazine rings is 1. The van der Waals surface area contributed by atoms with Crippen molar-refractivity contribution in [2.75, 3.05) is 26.8 Å². The zero-order chi connectivity index (χ0) is 15.6. The van der Waals surface area contributed by atoms with Crippen LogP contribution in [0.3, 0.4) is 0 Å². The van der Waals surface area contributed by atoms with Gasteiger partial charge in [-0.1, -0.05) is 0 Å². The highest BCUT2D eigenvalue weighted by Gasteiger charge is 2.37. The Labute approximate surface area is 123 Å². The fourth-order valence-corrected chi connectivity index (χ4v) is 2.63. The highest BCUT2D eigenvalue weighted by atomic mass is 16.5. The number of ketones is 1. The first-order valence-corrected chi connectivity index (χ1v) is 6.92. The number of carbonyl (C=O) groups is 3. The Kier molecular flexibility index (Phi) is 4.62. The monoisotopic (exact) mass is 296 g/mol. The van der Waals surface area contributed by atoms with E-state index < -0.39 is 11.8 Å². The number of rotatable bonds is 3. The van der Waals surface area contributed by atoms with Gasteiger partial charge in [0.1, 0.15) is 6.23 Å². The number of ether oxygens (including phenoxy) is 2. The van der Waals surface area contributed by atoms with Crippen molar-refractivity contribution in [2.45, 2.75) is 32.5 Å². The zero-order valence-electron chi connectivity index (χ0n) is 12.5. The lowest BCUT2D eigenvalue weighted by Gasteiger charge is -2.46. The van der Waals surface area contributed by atoms with Gasteiger partial charge in [-0.15, -0.1) is 0 Å². The maximum Gasteiger partial charge on any atom is 0.379 e. The summed E-state index contributed by atoms with van der Waals surface area (Å²) >= 11 is 0. The summed E-state index contributed by atoms with van der Waals surface area (Å²) in [5.41, 5.74) is 0.243. The van der Waals surface area contributed by atoms with Crippen LogP contribution in [0.4, 0.5) is 0 Å². The van der Waals surface area contributed by atoms with Crippen LogP contribution in [-0.4, -0.2) is 66.5 Å².